The predicted molar refractivity (Wildman–Crippen MR) is 95.7 cm³/mol. The number of aryl methyl sites for hydroxylation is 2. The number of fused-ring (bicyclic) bond motifs is 1. The van der Waals surface area contributed by atoms with Gasteiger partial charge in [0.1, 0.15) is 5.82 Å². The van der Waals surface area contributed by atoms with Gasteiger partial charge in [0.05, 0.1) is 17.3 Å². The van der Waals surface area contributed by atoms with Crippen molar-refractivity contribution in [3.8, 4) is 0 Å². The van der Waals surface area contributed by atoms with Crippen molar-refractivity contribution in [3.63, 3.8) is 0 Å². The number of benzene rings is 1. The molecule has 0 saturated carbocycles. The molecule has 0 atom stereocenters. The molecule has 1 aromatic carbocycles. The zero-order chi connectivity index (χ0) is 18.0. The Labute approximate surface area is 144 Å². The summed E-state index contributed by atoms with van der Waals surface area (Å²) < 4.78 is 1.78. The Bertz CT molecular complexity index is 921. The number of hydrogen-bond acceptors (Lipinski definition) is 6. The van der Waals surface area contributed by atoms with E-state index in [4.69, 9.17) is 5.73 Å². The predicted octanol–water partition coefficient (Wildman–Crippen LogP) is 1.71. The fourth-order valence-corrected chi connectivity index (χ4v) is 2.78. The second-order valence-corrected chi connectivity index (χ2v) is 5.99. The molecule has 3 N–H and O–H groups in total. The van der Waals surface area contributed by atoms with Gasteiger partial charge in [-0.05, 0) is 36.6 Å². The summed E-state index contributed by atoms with van der Waals surface area (Å²) in [7, 11) is 3.81. The first kappa shape index (κ1) is 16.7. The number of aromatic nitrogens is 4. The van der Waals surface area contributed by atoms with Crippen LogP contribution < -0.4 is 10.6 Å². The van der Waals surface area contributed by atoms with Crippen LogP contribution in [0.15, 0.2) is 30.6 Å². The highest BCUT2D eigenvalue weighted by atomic mass is 16.4. The summed E-state index contributed by atoms with van der Waals surface area (Å²) in [5, 5.41) is 14.1. The van der Waals surface area contributed by atoms with Crippen LogP contribution in [0.3, 0.4) is 0 Å². The minimum Gasteiger partial charge on any atom is -0.478 e. The average Bonchev–Trinajstić information content (AvgIpc) is 2.98. The minimum absolute atomic E-state index is 0.171. The molecule has 8 nitrogen and oxygen atoms in total. The fourth-order valence-electron chi connectivity index (χ4n) is 2.78. The van der Waals surface area contributed by atoms with Crippen molar-refractivity contribution in [2.24, 2.45) is 7.05 Å². The van der Waals surface area contributed by atoms with E-state index in [-0.39, 0.29) is 11.5 Å². The molecule has 130 valence electrons. The molecule has 2 aromatic heterocycles. The normalized spacial score (nSPS) is 11.0. The van der Waals surface area contributed by atoms with Crippen LogP contribution in [0.25, 0.3) is 10.9 Å². The van der Waals surface area contributed by atoms with Crippen molar-refractivity contribution in [3.05, 3.63) is 41.7 Å². The number of carboxylic acid groups (broad SMARTS) is 1. The molecule has 0 spiro atoms. The lowest BCUT2D eigenvalue weighted by atomic mass is 10.1. The van der Waals surface area contributed by atoms with E-state index in [1.54, 1.807) is 16.8 Å². The summed E-state index contributed by atoms with van der Waals surface area (Å²) in [6.07, 6.45) is 5.66. The molecule has 0 amide bonds. The highest BCUT2D eigenvalue weighted by Gasteiger charge is 2.13. The molecule has 8 heteroatoms. The molecular formula is C17H20N6O2. The number of carbonyl (C=O) groups is 1. The van der Waals surface area contributed by atoms with Crippen molar-refractivity contribution >= 4 is 28.6 Å². The maximum Gasteiger partial charge on any atom is 0.335 e. The third-order valence-corrected chi connectivity index (χ3v) is 4.02. The average molecular weight is 340 g/mol. The highest BCUT2D eigenvalue weighted by molar-refractivity contribution is 5.97. The number of nitrogen functional groups attached to an aromatic ring is 1. The van der Waals surface area contributed by atoms with Gasteiger partial charge in [0, 0.05) is 32.2 Å². The van der Waals surface area contributed by atoms with Crippen LogP contribution in [0.2, 0.25) is 0 Å². The van der Waals surface area contributed by atoms with Crippen molar-refractivity contribution < 1.29 is 9.90 Å². The molecule has 0 unspecified atom stereocenters. The minimum atomic E-state index is -0.982. The Balaban J connectivity index is 1.82. The molecule has 2 heterocycles. The quantitative estimate of drug-likeness (QED) is 0.703. The van der Waals surface area contributed by atoms with Gasteiger partial charge in [0.25, 0.3) is 0 Å². The first-order chi connectivity index (χ1) is 11.9. The second-order valence-electron chi connectivity index (χ2n) is 5.99. The standard InChI is InChI=1S/C17H20N6O2/c1-22(7-3-4-11-9-19-23(2)10-11)15-13-8-12(16(24)25)5-6-14(13)20-17(18)21-15/h5-6,8-10H,3-4,7H2,1-2H3,(H,24,25)(H2,18,20,21). The number of carboxylic acids is 1. The first-order valence-corrected chi connectivity index (χ1v) is 7.93. The Morgan fingerprint density at radius 3 is 2.84 bits per heavy atom. The van der Waals surface area contributed by atoms with Crippen molar-refractivity contribution in [2.75, 3.05) is 24.2 Å². The van der Waals surface area contributed by atoms with Gasteiger partial charge in [0.2, 0.25) is 5.95 Å². The largest absolute Gasteiger partial charge is 0.478 e. The van der Waals surface area contributed by atoms with Crippen LogP contribution in [0.4, 0.5) is 11.8 Å². The fraction of sp³-hybridized carbons (Fsp3) is 0.294. The molecule has 0 aliphatic carbocycles. The highest BCUT2D eigenvalue weighted by Crippen LogP contribution is 2.25. The van der Waals surface area contributed by atoms with Crippen LogP contribution in [0.5, 0.6) is 0 Å². The maximum absolute atomic E-state index is 11.2. The molecule has 0 aliphatic rings. The van der Waals surface area contributed by atoms with Gasteiger partial charge in [-0.15, -0.1) is 0 Å². The summed E-state index contributed by atoms with van der Waals surface area (Å²) in [4.78, 5) is 21.7. The van der Waals surface area contributed by atoms with Crippen LogP contribution in [-0.2, 0) is 13.5 Å². The van der Waals surface area contributed by atoms with Crippen molar-refractivity contribution in [1.29, 1.82) is 0 Å². The van der Waals surface area contributed by atoms with Gasteiger partial charge >= 0.3 is 5.97 Å². The summed E-state index contributed by atoms with van der Waals surface area (Å²) in [5.74, 6) is -0.176. The van der Waals surface area contributed by atoms with Crippen LogP contribution in [0, 0.1) is 0 Å². The number of anilines is 2. The number of hydrogen-bond donors (Lipinski definition) is 2. The topological polar surface area (TPSA) is 110 Å². The van der Waals surface area contributed by atoms with E-state index in [0.717, 1.165) is 19.4 Å². The lowest BCUT2D eigenvalue weighted by Gasteiger charge is -2.20. The van der Waals surface area contributed by atoms with Crippen molar-refractivity contribution in [1.82, 2.24) is 19.7 Å². The smallest absolute Gasteiger partial charge is 0.335 e. The van der Waals surface area contributed by atoms with E-state index >= 15 is 0 Å². The molecule has 25 heavy (non-hydrogen) atoms. The van der Waals surface area contributed by atoms with Gasteiger partial charge in [0.15, 0.2) is 0 Å². The summed E-state index contributed by atoms with van der Waals surface area (Å²) in [5.41, 5.74) is 7.81. The molecule has 0 fully saturated rings. The Morgan fingerprint density at radius 2 is 2.16 bits per heavy atom. The molecule has 3 rings (SSSR count). The van der Waals surface area contributed by atoms with E-state index in [1.807, 2.05) is 31.4 Å². The van der Waals surface area contributed by atoms with Gasteiger partial charge in [-0.25, -0.2) is 9.78 Å². The lowest BCUT2D eigenvalue weighted by Crippen LogP contribution is -2.21. The number of rotatable bonds is 6. The number of nitrogens with zero attached hydrogens (tertiary/aromatic N) is 5. The zero-order valence-corrected chi connectivity index (χ0v) is 14.2. The summed E-state index contributed by atoms with van der Waals surface area (Å²) >= 11 is 0. The molecule has 0 bridgehead atoms. The second kappa shape index (κ2) is 6.76. The van der Waals surface area contributed by atoms with Crippen molar-refractivity contribution in [2.45, 2.75) is 12.8 Å². The van der Waals surface area contributed by atoms with E-state index in [9.17, 15) is 9.90 Å². The van der Waals surface area contributed by atoms with Crippen LogP contribution >= 0.6 is 0 Å². The first-order valence-electron chi connectivity index (χ1n) is 7.93. The Hall–Kier alpha value is -3.16. The number of aromatic carboxylic acids is 1. The SMILES string of the molecule is CN(CCCc1cnn(C)c1)c1nc(N)nc2ccc(C(=O)O)cc12. The van der Waals surface area contributed by atoms with E-state index < -0.39 is 5.97 Å². The van der Waals surface area contributed by atoms with Crippen LogP contribution in [-0.4, -0.2) is 44.4 Å². The van der Waals surface area contributed by atoms with Gasteiger partial charge in [-0.3, -0.25) is 4.68 Å². The Kier molecular flexibility index (Phi) is 4.51. The van der Waals surface area contributed by atoms with Gasteiger partial charge in [-0.1, -0.05) is 0 Å². The molecule has 0 aliphatic heterocycles. The summed E-state index contributed by atoms with van der Waals surface area (Å²) in [6, 6.07) is 4.76. The van der Waals surface area contributed by atoms with E-state index in [2.05, 4.69) is 15.1 Å². The third-order valence-electron chi connectivity index (χ3n) is 4.02. The van der Waals surface area contributed by atoms with Gasteiger partial charge < -0.3 is 15.7 Å². The zero-order valence-electron chi connectivity index (χ0n) is 14.2. The number of nitrogens with two attached hydrogens (primary N) is 1. The van der Waals surface area contributed by atoms with E-state index in [1.165, 1.54) is 11.6 Å². The molecule has 3 aromatic rings. The van der Waals surface area contributed by atoms with E-state index in [0.29, 0.717) is 16.7 Å². The molecule has 0 radical (unpaired) electrons. The third kappa shape index (κ3) is 3.68. The van der Waals surface area contributed by atoms with Crippen LogP contribution in [0.1, 0.15) is 22.3 Å². The Morgan fingerprint density at radius 1 is 1.36 bits per heavy atom. The van der Waals surface area contributed by atoms with Gasteiger partial charge in [-0.2, -0.15) is 10.1 Å². The molecular weight excluding hydrogens is 320 g/mol. The monoisotopic (exact) mass is 340 g/mol. The summed E-state index contributed by atoms with van der Waals surface area (Å²) in [6.45, 7) is 0.748. The lowest BCUT2D eigenvalue weighted by molar-refractivity contribution is 0.0697. The maximum atomic E-state index is 11.2. The molecule has 0 saturated heterocycles.